The van der Waals surface area contributed by atoms with Crippen LogP contribution in [-0.2, 0) is 13.6 Å². The fraction of sp³-hybridized carbons (Fsp3) is 0.450. The smallest absolute Gasteiger partial charge is 0.322 e. The molecule has 1 aliphatic heterocycles. The van der Waals surface area contributed by atoms with Crippen molar-refractivity contribution < 1.29 is 4.79 Å². The number of piperazine rings is 1. The molecule has 1 atom stereocenters. The van der Waals surface area contributed by atoms with Crippen LogP contribution in [0.2, 0.25) is 0 Å². The van der Waals surface area contributed by atoms with E-state index in [0.717, 1.165) is 23.4 Å². The Morgan fingerprint density at radius 1 is 1.26 bits per heavy atom. The van der Waals surface area contributed by atoms with Crippen LogP contribution in [-0.4, -0.2) is 80.3 Å². The Hall–Kier alpha value is -3.47. The number of nitrogens with zero attached hydrogens (tertiary/aromatic N) is 8. The predicted octanol–water partition coefficient (Wildman–Crippen LogP) is 1.14. The molecule has 0 saturated carbocycles. The lowest BCUT2D eigenvalue weighted by Crippen LogP contribution is -2.55. The molecule has 11 heteroatoms. The molecule has 0 unspecified atom stereocenters. The van der Waals surface area contributed by atoms with E-state index in [-0.39, 0.29) is 18.0 Å². The first-order chi connectivity index (χ1) is 14.8. The number of hydrogen-bond acceptors (Lipinski definition) is 8. The van der Waals surface area contributed by atoms with Crippen molar-refractivity contribution in [3.8, 4) is 0 Å². The monoisotopic (exact) mass is 424 g/mol. The number of carbonyl (C=O) groups excluding carboxylic acids is 1. The Kier molecular flexibility index (Phi) is 5.59. The molecule has 4 rings (SSSR count). The third-order valence-corrected chi connectivity index (χ3v) is 5.33. The minimum atomic E-state index is -0.137. The van der Waals surface area contributed by atoms with Crippen molar-refractivity contribution in [3.05, 3.63) is 30.2 Å². The molecule has 0 spiro atoms. The lowest BCUT2D eigenvalue weighted by molar-refractivity contribution is 0.200. The molecule has 1 fully saturated rings. The predicted molar refractivity (Wildman–Crippen MR) is 120 cm³/mol. The first-order valence-electron chi connectivity index (χ1n) is 10.2. The molecule has 3 aromatic rings. The van der Waals surface area contributed by atoms with Crippen molar-refractivity contribution in [1.29, 1.82) is 0 Å². The maximum atomic E-state index is 12.8. The topological polar surface area (TPSA) is 121 Å². The van der Waals surface area contributed by atoms with Crippen LogP contribution in [0.4, 0.5) is 22.2 Å². The van der Waals surface area contributed by atoms with Gasteiger partial charge in [0.25, 0.3) is 0 Å². The fourth-order valence-electron chi connectivity index (χ4n) is 3.82. The molecule has 0 radical (unpaired) electrons. The van der Waals surface area contributed by atoms with Gasteiger partial charge in [-0.2, -0.15) is 15.1 Å². The number of pyridine rings is 1. The van der Waals surface area contributed by atoms with Crippen molar-refractivity contribution in [3.63, 3.8) is 0 Å². The van der Waals surface area contributed by atoms with Crippen LogP contribution in [0.15, 0.2) is 24.5 Å². The summed E-state index contributed by atoms with van der Waals surface area (Å²) in [6, 6.07) is 3.72. The summed E-state index contributed by atoms with van der Waals surface area (Å²) in [7, 11) is 5.81. The van der Waals surface area contributed by atoms with Gasteiger partial charge in [-0.25, -0.2) is 4.79 Å². The average molecular weight is 425 g/mol. The van der Waals surface area contributed by atoms with E-state index in [1.165, 1.54) is 0 Å². The number of urea groups is 1. The number of aromatic nitrogens is 5. The van der Waals surface area contributed by atoms with Crippen LogP contribution < -0.4 is 16.0 Å². The zero-order valence-electron chi connectivity index (χ0n) is 18.3. The minimum absolute atomic E-state index is 0.0535. The largest absolute Gasteiger partial charge is 0.368 e. The highest BCUT2D eigenvalue weighted by Gasteiger charge is 2.29. The number of nitrogen functional groups attached to an aromatic ring is 1. The number of hydrogen-bond donors (Lipinski definition) is 2. The summed E-state index contributed by atoms with van der Waals surface area (Å²) in [6.07, 6.45) is 3.45. The Labute approximate surface area is 180 Å². The number of anilines is 3. The number of nitrogens with two attached hydrogens (primary N) is 1. The molecule has 11 nitrogen and oxygen atoms in total. The number of fused-ring (bicyclic) bond motifs is 1. The molecular formula is C20H28N10O. The van der Waals surface area contributed by atoms with Gasteiger partial charge < -0.3 is 25.8 Å². The second-order valence-electron chi connectivity index (χ2n) is 8.11. The Morgan fingerprint density at radius 3 is 2.74 bits per heavy atom. The van der Waals surface area contributed by atoms with E-state index in [9.17, 15) is 4.79 Å². The second kappa shape index (κ2) is 8.34. The van der Waals surface area contributed by atoms with Crippen LogP contribution in [0.5, 0.6) is 0 Å². The SMILES string of the molecule is C[C@H]1CN(C(=O)Nc2ccc(CN(C)C)nc2)CCN1c1nc(N)nc2c1cnn2C. The van der Waals surface area contributed by atoms with Crippen LogP contribution in [0.3, 0.4) is 0 Å². The van der Waals surface area contributed by atoms with Crippen LogP contribution >= 0.6 is 0 Å². The first-order valence-corrected chi connectivity index (χ1v) is 10.2. The van der Waals surface area contributed by atoms with Gasteiger partial charge in [-0.1, -0.05) is 0 Å². The first kappa shape index (κ1) is 20.8. The van der Waals surface area contributed by atoms with E-state index < -0.39 is 0 Å². The quantitative estimate of drug-likeness (QED) is 0.640. The van der Waals surface area contributed by atoms with E-state index in [1.54, 1.807) is 22.0 Å². The average Bonchev–Trinajstić information content (AvgIpc) is 3.09. The highest BCUT2D eigenvalue weighted by molar-refractivity contribution is 5.90. The molecule has 3 aromatic heterocycles. The molecule has 0 aliphatic carbocycles. The summed E-state index contributed by atoms with van der Waals surface area (Å²) < 4.78 is 1.68. The number of amides is 2. The van der Waals surface area contributed by atoms with Crippen molar-refractivity contribution >= 4 is 34.5 Å². The molecule has 3 N–H and O–H groups in total. The Morgan fingerprint density at radius 2 is 2.06 bits per heavy atom. The summed E-state index contributed by atoms with van der Waals surface area (Å²) in [5.74, 6) is 0.965. The summed E-state index contributed by atoms with van der Waals surface area (Å²) in [4.78, 5) is 32.0. The van der Waals surface area contributed by atoms with Gasteiger partial charge in [0.2, 0.25) is 5.95 Å². The second-order valence-corrected chi connectivity index (χ2v) is 8.11. The summed E-state index contributed by atoms with van der Waals surface area (Å²) in [6.45, 7) is 4.58. The molecular weight excluding hydrogens is 396 g/mol. The molecule has 2 amide bonds. The van der Waals surface area contributed by atoms with Gasteiger partial charge in [-0.3, -0.25) is 9.67 Å². The molecule has 164 valence electrons. The maximum absolute atomic E-state index is 12.8. The maximum Gasteiger partial charge on any atom is 0.322 e. The molecule has 31 heavy (non-hydrogen) atoms. The highest BCUT2D eigenvalue weighted by atomic mass is 16.2. The third-order valence-electron chi connectivity index (χ3n) is 5.33. The van der Waals surface area contributed by atoms with Gasteiger partial charge in [-0.15, -0.1) is 0 Å². The lowest BCUT2D eigenvalue weighted by Gasteiger charge is -2.40. The molecule has 1 saturated heterocycles. The minimum Gasteiger partial charge on any atom is -0.368 e. The lowest BCUT2D eigenvalue weighted by atomic mass is 10.2. The zero-order valence-corrected chi connectivity index (χ0v) is 18.3. The van der Waals surface area contributed by atoms with E-state index in [2.05, 4.69) is 37.2 Å². The summed E-state index contributed by atoms with van der Waals surface area (Å²) in [5.41, 5.74) is 8.26. The van der Waals surface area contributed by atoms with Crippen molar-refractivity contribution in [2.24, 2.45) is 7.05 Å². The number of carbonyl (C=O) groups is 1. The van der Waals surface area contributed by atoms with E-state index in [0.29, 0.717) is 31.0 Å². The van der Waals surface area contributed by atoms with E-state index >= 15 is 0 Å². The van der Waals surface area contributed by atoms with E-state index in [1.807, 2.05) is 38.2 Å². The zero-order chi connectivity index (χ0) is 22.1. The molecule has 0 aromatic carbocycles. The van der Waals surface area contributed by atoms with Gasteiger partial charge in [0, 0.05) is 39.3 Å². The van der Waals surface area contributed by atoms with Crippen LogP contribution in [0.1, 0.15) is 12.6 Å². The molecule has 0 bridgehead atoms. The standard InChI is InChI=1S/C20H28N10O/c1-13-11-29(20(31)24-14-5-6-15(22-9-14)12-27(2)3)7-8-30(13)18-16-10-23-28(4)17(16)25-19(21)26-18/h5-6,9-10,13H,7-8,11-12H2,1-4H3,(H,24,31)(H2,21,25,26)/t13-/m0/s1. The number of rotatable bonds is 4. The fourth-order valence-corrected chi connectivity index (χ4v) is 3.82. The van der Waals surface area contributed by atoms with Gasteiger partial charge in [0.1, 0.15) is 5.82 Å². The van der Waals surface area contributed by atoms with Crippen molar-refractivity contribution in [2.45, 2.75) is 19.5 Å². The van der Waals surface area contributed by atoms with Crippen molar-refractivity contribution in [1.82, 2.24) is 34.5 Å². The van der Waals surface area contributed by atoms with Gasteiger partial charge in [0.05, 0.1) is 29.2 Å². The Balaban J connectivity index is 1.43. The van der Waals surface area contributed by atoms with Crippen LogP contribution in [0, 0.1) is 0 Å². The number of nitrogens with one attached hydrogen (secondary N) is 1. The van der Waals surface area contributed by atoms with Gasteiger partial charge in [-0.05, 0) is 33.2 Å². The molecule has 1 aliphatic rings. The highest BCUT2D eigenvalue weighted by Crippen LogP contribution is 2.27. The summed E-state index contributed by atoms with van der Waals surface area (Å²) >= 11 is 0. The summed E-state index contributed by atoms with van der Waals surface area (Å²) in [5, 5.41) is 8.07. The van der Waals surface area contributed by atoms with Crippen molar-refractivity contribution in [2.75, 3.05) is 49.7 Å². The third kappa shape index (κ3) is 4.36. The normalized spacial score (nSPS) is 16.9. The van der Waals surface area contributed by atoms with Crippen LogP contribution in [0.25, 0.3) is 11.0 Å². The molecule has 4 heterocycles. The van der Waals surface area contributed by atoms with Gasteiger partial charge >= 0.3 is 6.03 Å². The van der Waals surface area contributed by atoms with E-state index in [4.69, 9.17) is 5.73 Å². The Bertz CT molecular complexity index is 1080. The number of aryl methyl sites for hydroxylation is 1. The van der Waals surface area contributed by atoms with Gasteiger partial charge in [0.15, 0.2) is 5.65 Å².